The third kappa shape index (κ3) is 2.89. The van der Waals surface area contributed by atoms with Gasteiger partial charge in [0.2, 0.25) is 0 Å². The minimum absolute atomic E-state index is 0.963. The van der Waals surface area contributed by atoms with Crippen molar-refractivity contribution >= 4 is 14.8 Å². The van der Waals surface area contributed by atoms with Crippen LogP contribution in [0.25, 0.3) is 0 Å². The van der Waals surface area contributed by atoms with Gasteiger partial charge < -0.3 is 0 Å². The quantitative estimate of drug-likeness (QED) is 0.558. The highest BCUT2D eigenvalue weighted by Gasteiger charge is 2.48. The lowest BCUT2D eigenvalue weighted by Gasteiger charge is -2.41. The molecule has 0 saturated carbocycles. The lowest BCUT2D eigenvalue weighted by Crippen LogP contribution is -2.45. The Morgan fingerprint density at radius 2 is 1.61 bits per heavy atom. The third-order valence-electron chi connectivity index (χ3n) is 6.07. The zero-order valence-corrected chi connectivity index (χ0v) is 14.3. The van der Waals surface area contributed by atoms with Crippen molar-refractivity contribution in [3.63, 3.8) is 0 Å². The lowest BCUT2D eigenvalue weighted by atomic mass is 9.30. The first kappa shape index (κ1) is 14.7. The summed E-state index contributed by atoms with van der Waals surface area (Å²) in [5.74, 6) is 3.12. The smallest absolute Gasteiger partial charge is 0.0698 e. The molecule has 2 aliphatic heterocycles. The first-order valence-electron chi connectivity index (χ1n) is 8.45. The summed E-state index contributed by atoms with van der Waals surface area (Å²) in [7, 11) is -1.02. The van der Waals surface area contributed by atoms with Crippen LogP contribution in [0.5, 0.6) is 0 Å². The molecule has 104 valence electrons. The molecule has 2 rings (SSSR count). The molecular weight excluding hydrogens is 231 g/mol. The topological polar surface area (TPSA) is 0 Å². The van der Waals surface area contributed by atoms with E-state index in [9.17, 15) is 0 Å². The molecule has 2 bridgehead atoms. The SMILES string of the molecule is CCC(C)B1C2CCCC(CCC2)C1[Si](C)(C)C. The number of fused-ring (bicyclic) bond motifs is 3. The summed E-state index contributed by atoms with van der Waals surface area (Å²) in [6.45, 7) is 14.0. The molecule has 0 spiro atoms. The number of rotatable bonds is 3. The standard InChI is InChI=1S/C16H33BSi/c1-6-13(2)17-15-11-7-9-14(10-8-12-15)16(17)18(3,4)5/h13-16H,6-12H2,1-5H3. The van der Waals surface area contributed by atoms with Crippen molar-refractivity contribution in [3.05, 3.63) is 0 Å². The van der Waals surface area contributed by atoms with E-state index in [1.165, 1.54) is 19.3 Å². The van der Waals surface area contributed by atoms with Crippen LogP contribution < -0.4 is 0 Å². The highest BCUT2D eigenvalue weighted by atomic mass is 28.3. The summed E-state index contributed by atoms with van der Waals surface area (Å²) < 4.78 is 0. The van der Waals surface area contributed by atoms with Gasteiger partial charge in [-0.2, -0.15) is 0 Å². The average Bonchev–Trinajstić information content (AvgIpc) is 2.54. The molecule has 0 aromatic carbocycles. The van der Waals surface area contributed by atoms with Crippen molar-refractivity contribution in [2.75, 3.05) is 0 Å². The van der Waals surface area contributed by atoms with Crippen LogP contribution in [0, 0.1) is 5.92 Å². The highest BCUT2D eigenvalue weighted by molar-refractivity contribution is 6.90. The predicted molar refractivity (Wildman–Crippen MR) is 87.5 cm³/mol. The normalized spacial score (nSPS) is 35.2. The molecule has 0 aromatic heterocycles. The zero-order valence-electron chi connectivity index (χ0n) is 13.3. The van der Waals surface area contributed by atoms with Crippen molar-refractivity contribution in [2.24, 2.45) is 5.92 Å². The molecule has 2 atom stereocenters. The second kappa shape index (κ2) is 5.73. The molecule has 0 amide bonds. The summed E-state index contributed by atoms with van der Waals surface area (Å²) in [5, 5.41) is 0. The van der Waals surface area contributed by atoms with E-state index in [0.29, 0.717) is 0 Å². The summed E-state index contributed by atoms with van der Waals surface area (Å²) in [5.41, 5.74) is 1.11. The average molecular weight is 264 g/mol. The van der Waals surface area contributed by atoms with Crippen molar-refractivity contribution in [2.45, 2.75) is 95.5 Å². The van der Waals surface area contributed by atoms with Gasteiger partial charge in [0.25, 0.3) is 0 Å². The Balaban J connectivity index is 2.35. The Bertz CT molecular complexity index is 261. The molecule has 0 aliphatic carbocycles. The van der Waals surface area contributed by atoms with Gasteiger partial charge in [-0.3, -0.25) is 0 Å². The highest BCUT2D eigenvalue weighted by Crippen LogP contribution is 2.53. The van der Waals surface area contributed by atoms with E-state index in [4.69, 9.17) is 0 Å². The maximum Gasteiger partial charge on any atom is 0.146 e. The maximum atomic E-state index is 2.65. The molecule has 0 N–H and O–H groups in total. The van der Waals surface area contributed by atoms with E-state index in [1.54, 1.807) is 25.7 Å². The summed E-state index contributed by atoms with van der Waals surface area (Å²) >= 11 is 0. The van der Waals surface area contributed by atoms with Crippen LogP contribution in [0.4, 0.5) is 0 Å². The Morgan fingerprint density at radius 3 is 2.06 bits per heavy atom. The van der Waals surface area contributed by atoms with Gasteiger partial charge >= 0.3 is 0 Å². The summed E-state index contributed by atoms with van der Waals surface area (Å²) in [6, 6.07) is 0. The Kier molecular flexibility index (Phi) is 4.67. The Labute approximate surface area is 116 Å². The van der Waals surface area contributed by atoms with E-state index in [2.05, 4.69) is 33.5 Å². The van der Waals surface area contributed by atoms with Crippen LogP contribution in [-0.2, 0) is 0 Å². The van der Waals surface area contributed by atoms with Crippen LogP contribution in [-0.4, -0.2) is 14.8 Å². The van der Waals surface area contributed by atoms with Crippen LogP contribution in [0.2, 0.25) is 36.7 Å². The van der Waals surface area contributed by atoms with Gasteiger partial charge in [-0.15, -0.1) is 0 Å². The van der Waals surface area contributed by atoms with Crippen molar-refractivity contribution in [3.8, 4) is 0 Å². The van der Waals surface area contributed by atoms with E-state index in [1.807, 2.05) is 0 Å². The van der Waals surface area contributed by atoms with Gasteiger partial charge in [0.05, 0.1) is 0 Å². The minimum atomic E-state index is -1.02. The van der Waals surface area contributed by atoms with Gasteiger partial charge in [0, 0.05) is 8.07 Å². The first-order valence-corrected chi connectivity index (χ1v) is 12.0. The van der Waals surface area contributed by atoms with Crippen molar-refractivity contribution in [1.82, 2.24) is 0 Å². The van der Waals surface area contributed by atoms with Crippen molar-refractivity contribution < 1.29 is 0 Å². The largest absolute Gasteiger partial charge is 0.146 e. The maximum absolute atomic E-state index is 2.65. The monoisotopic (exact) mass is 264 g/mol. The molecule has 2 unspecified atom stereocenters. The molecule has 0 aromatic rings. The fraction of sp³-hybridized carbons (Fsp3) is 1.00. The molecule has 18 heavy (non-hydrogen) atoms. The summed E-state index contributed by atoms with van der Waals surface area (Å²) in [4.78, 5) is 0. The van der Waals surface area contributed by atoms with Crippen LogP contribution in [0.3, 0.4) is 0 Å². The third-order valence-corrected chi connectivity index (χ3v) is 8.92. The molecule has 2 heteroatoms. The zero-order chi connectivity index (χ0) is 13.3. The fourth-order valence-electron chi connectivity index (χ4n) is 5.30. The molecule has 2 aliphatic rings. The van der Waals surface area contributed by atoms with Gasteiger partial charge in [-0.25, -0.2) is 0 Å². The van der Waals surface area contributed by atoms with E-state index < -0.39 is 8.07 Å². The van der Waals surface area contributed by atoms with E-state index in [0.717, 1.165) is 29.7 Å². The molecule has 0 radical (unpaired) electrons. The molecule has 0 nitrogen and oxygen atoms in total. The second-order valence-corrected chi connectivity index (χ2v) is 13.6. The van der Waals surface area contributed by atoms with E-state index >= 15 is 0 Å². The summed E-state index contributed by atoms with van der Waals surface area (Å²) in [6.07, 6.45) is 10.7. The number of hydrogen-bond acceptors (Lipinski definition) is 0. The Hall–Kier alpha value is 0.282. The second-order valence-electron chi connectivity index (χ2n) is 8.24. The number of hydrogen-bond donors (Lipinski definition) is 0. The van der Waals surface area contributed by atoms with Gasteiger partial charge in [-0.05, 0) is 5.92 Å². The lowest BCUT2D eigenvalue weighted by molar-refractivity contribution is 0.411. The first-order chi connectivity index (χ1) is 8.45. The van der Waals surface area contributed by atoms with Gasteiger partial charge in [-0.1, -0.05) is 95.5 Å². The van der Waals surface area contributed by atoms with Gasteiger partial charge in [0.1, 0.15) is 6.71 Å². The minimum Gasteiger partial charge on any atom is -0.0698 e. The predicted octanol–water partition coefficient (Wildman–Crippen LogP) is 5.88. The molecular formula is C16H33BSi. The molecule has 2 fully saturated rings. The Morgan fingerprint density at radius 1 is 1.06 bits per heavy atom. The fourth-order valence-corrected chi connectivity index (χ4v) is 8.80. The van der Waals surface area contributed by atoms with Gasteiger partial charge in [0.15, 0.2) is 0 Å². The molecule has 2 heterocycles. The van der Waals surface area contributed by atoms with Crippen LogP contribution >= 0.6 is 0 Å². The van der Waals surface area contributed by atoms with Crippen molar-refractivity contribution in [1.29, 1.82) is 0 Å². The molecule has 2 saturated heterocycles. The van der Waals surface area contributed by atoms with Crippen LogP contribution in [0.1, 0.15) is 58.8 Å². The van der Waals surface area contributed by atoms with E-state index in [-0.39, 0.29) is 0 Å². The van der Waals surface area contributed by atoms with Crippen LogP contribution in [0.15, 0.2) is 0 Å².